The van der Waals surface area contributed by atoms with Gasteiger partial charge in [0.15, 0.2) is 0 Å². The molecule has 0 heterocycles. The van der Waals surface area contributed by atoms with E-state index in [0.717, 1.165) is 12.0 Å². The van der Waals surface area contributed by atoms with E-state index in [4.69, 9.17) is 9.47 Å². The Morgan fingerprint density at radius 3 is 2.48 bits per heavy atom. The molecule has 0 saturated heterocycles. The van der Waals surface area contributed by atoms with Crippen molar-refractivity contribution in [2.45, 2.75) is 45.2 Å². The smallest absolute Gasteiger partial charge is 0.294 e. The van der Waals surface area contributed by atoms with E-state index in [2.05, 4.69) is 10.0 Å². The van der Waals surface area contributed by atoms with E-state index in [-0.39, 0.29) is 44.5 Å². The molecule has 1 aromatic carbocycles. The minimum atomic E-state index is -0.890. The number of amides is 1. The van der Waals surface area contributed by atoms with Crippen molar-refractivity contribution in [1.82, 2.24) is 4.90 Å². The number of nitroso groups, excluding NO2 is 1. The second-order valence-electron chi connectivity index (χ2n) is 6.76. The van der Waals surface area contributed by atoms with Crippen LogP contribution in [-0.4, -0.2) is 61.5 Å². The molecule has 1 aromatic rings. The Bertz CT molecular complexity index is 637. The van der Waals surface area contributed by atoms with E-state index in [1.807, 2.05) is 38.1 Å². The number of nitrogens with zero attached hydrogens (tertiary/aromatic N) is 3. The van der Waals surface area contributed by atoms with Gasteiger partial charge in [-0.25, -0.2) is 0 Å². The van der Waals surface area contributed by atoms with Crippen LogP contribution in [0.25, 0.3) is 0 Å². The zero-order chi connectivity index (χ0) is 21.6. The van der Waals surface area contributed by atoms with Crippen molar-refractivity contribution in [1.29, 1.82) is 0 Å². The lowest BCUT2D eigenvalue weighted by molar-refractivity contribution is -0.757. The first-order valence-electron chi connectivity index (χ1n) is 9.47. The van der Waals surface area contributed by atoms with Crippen molar-refractivity contribution >= 4 is 5.91 Å². The predicted octanol–water partition coefficient (Wildman–Crippen LogP) is 2.61. The molecular formula is C19H29N3O7. The van der Waals surface area contributed by atoms with Crippen LogP contribution in [0.1, 0.15) is 32.3 Å². The van der Waals surface area contributed by atoms with Crippen LogP contribution >= 0.6 is 0 Å². The fourth-order valence-electron chi connectivity index (χ4n) is 2.61. The number of hydrogen-bond donors (Lipinski definition) is 0. The van der Waals surface area contributed by atoms with Crippen molar-refractivity contribution in [2.24, 2.45) is 5.18 Å². The first-order valence-corrected chi connectivity index (χ1v) is 9.47. The largest absolute Gasteiger partial charge is 0.491 e. The lowest BCUT2D eigenvalue weighted by Gasteiger charge is -2.28. The summed E-state index contributed by atoms with van der Waals surface area (Å²) in [5, 5.41) is 12.3. The fraction of sp³-hybridized carbons (Fsp3) is 0.632. The summed E-state index contributed by atoms with van der Waals surface area (Å²) in [6.45, 7) is 4.29. The molecule has 0 spiro atoms. The molecule has 0 N–H and O–H groups in total. The number of hydrogen-bond acceptors (Lipinski definition) is 8. The summed E-state index contributed by atoms with van der Waals surface area (Å²) >= 11 is 0. The normalized spacial score (nSPS) is 11.7. The Hall–Kier alpha value is -2.75. The van der Waals surface area contributed by atoms with Crippen LogP contribution in [0.4, 0.5) is 0 Å². The molecule has 1 atom stereocenters. The molecule has 0 aliphatic rings. The summed E-state index contributed by atoms with van der Waals surface area (Å²) in [4.78, 5) is 39.5. The number of rotatable bonds is 15. The van der Waals surface area contributed by atoms with Gasteiger partial charge in [0, 0.05) is 19.6 Å². The molecule has 10 heteroatoms. The maximum atomic E-state index is 12.4. The van der Waals surface area contributed by atoms with Gasteiger partial charge < -0.3 is 19.2 Å². The third kappa shape index (κ3) is 9.84. The van der Waals surface area contributed by atoms with E-state index >= 15 is 0 Å². The zero-order valence-electron chi connectivity index (χ0n) is 17.1. The molecule has 162 valence electrons. The molecule has 1 amide bonds. The number of methoxy groups -OCH3 is 1. The van der Waals surface area contributed by atoms with Gasteiger partial charge in [-0.1, -0.05) is 17.3 Å². The highest BCUT2D eigenvalue weighted by Gasteiger charge is 2.22. The SMILES string of the molecule is COCCc1ccc(OCC(CN(C(=O)CCCO[N+](=O)[O-])C(C)C)N=O)cc1. The highest BCUT2D eigenvalue weighted by Crippen LogP contribution is 2.14. The molecule has 29 heavy (non-hydrogen) atoms. The number of ether oxygens (including phenoxy) is 2. The van der Waals surface area contributed by atoms with Gasteiger partial charge in [-0.3, -0.25) is 4.79 Å². The molecule has 0 fully saturated rings. The van der Waals surface area contributed by atoms with Crippen LogP contribution < -0.4 is 4.74 Å². The molecule has 0 bridgehead atoms. The second-order valence-corrected chi connectivity index (χ2v) is 6.76. The lowest BCUT2D eigenvalue weighted by Crippen LogP contribution is -2.43. The minimum absolute atomic E-state index is 0.0435. The van der Waals surface area contributed by atoms with Gasteiger partial charge >= 0.3 is 0 Å². The summed E-state index contributed by atoms with van der Waals surface area (Å²) in [6, 6.07) is 6.59. The molecule has 0 saturated carbocycles. The monoisotopic (exact) mass is 411 g/mol. The minimum Gasteiger partial charge on any atom is -0.491 e. The highest BCUT2D eigenvalue weighted by atomic mass is 16.9. The maximum absolute atomic E-state index is 12.4. The van der Waals surface area contributed by atoms with Gasteiger partial charge in [-0.15, -0.1) is 10.1 Å². The maximum Gasteiger partial charge on any atom is 0.294 e. The summed E-state index contributed by atoms with van der Waals surface area (Å²) in [5.74, 6) is 0.391. The lowest BCUT2D eigenvalue weighted by atomic mass is 10.1. The summed E-state index contributed by atoms with van der Waals surface area (Å²) in [5.41, 5.74) is 1.11. The van der Waals surface area contributed by atoms with Crippen molar-refractivity contribution < 1.29 is 24.2 Å². The van der Waals surface area contributed by atoms with Gasteiger partial charge in [-0.2, -0.15) is 4.91 Å². The fourth-order valence-corrected chi connectivity index (χ4v) is 2.61. The summed E-state index contributed by atoms with van der Waals surface area (Å²) in [6.07, 6.45) is 1.10. The van der Waals surface area contributed by atoms with Crippen molar-refractivity contribution in [2.75, 3.05) is 33.5 Å². The molecule has 0 aromatic heterocycles. The van der Waals surface area contributed by atoms with Crippen LogP contribution in [0, 0.1) is 15.0 Å². The van der Waals surface area contributed by atoms with Crippen LogP contribution in [0.3, 0.4) is 0 Å². The van der Waals surface area contributed by atoms with Crippen molar-refractivity contribution in [3.63, 3.8) is 0 Å². The van der Waals surface area contributed by atoms with Gasteiger partial charge in [-0.05, 0) is 44.4 Å². The Morgan fingerprint density at radius 2 is 1.93 bits per heavy atom. The number of benzene rings is 1. The first-order chi connectivity index (χ1) is 13.9. The van der Waals surface area contributed by atoms with E-state index in [0.29, 0.717) is 12.4 Å². The number of carbonyl (C=O) groups is 1. The third-order valence-electron chi connectivity index (χ3n) is 4.19. The van der Waals surface area contributed by atoms with Crippen molar-refractivity contribution in [3.05, 3.63) is 44.9 Å². The van der Waals surface area contributed by atoms with E-state index in [9.17, 15) is 19.8 Å². The topological polar surface area (TPSA) is 121 Å². The van der Waals surface area contributed by atoms with Crippen LogP contribution in [0.2, 0.25) is 0 Å². The molecule has 0 radical (unpaired) electrons. The van der Waals surface area contributed by atoms with Gasteiger partial charge in [0.05, 0.1) is 19.8 Å². The molecule has 10 nitrogen and oxygen atoms in total. The Morgan fingerprint density at radius 1 is 1.24 bits per heavy atom. The van der Waals surface area contributed by atoms with Crippen LogP contribution in [-0.2, 0) is 20.8 Å². The van der Waals surface area contributed by atoms with Gasteiger partial charge in [0.1, 0.15) is 18.4 Å². The van der Waals surface area contributed by atoms with E-state index < -0.39 is 11.1 Å². The molecule has 0 aliphatic heterocycles. The standard InChI is InChI=1S/C19H29N3O7/c1-15(2)21(19(23)5-4-11-29-22(25)26)13-17(20-24)14-28-18-8-6-16(7-9-18)10-12-27-3/h6-9,15,17H,4-5,10-14H2,1-3H3. The highest BCUT2D eigenvalue weighted by molar-refractivity contribution is 5.76. The van der Waals surface area contributed by atoms with Crippen molar-refractivity contribution in [3.8, 4) is 5.75 Å². The quantitative estimate of drug-likeness (QED) is 0.188. The van der Waals surface area contributed by atoms with E-state index in [1.54, 1.807) is 7.11 Å². The Labute approximate surface area is 170 Å². The second kappa shape index (κ2) is 13.4. The van der Waals surface area contributed by atoms with Gasteiger partial charge in [0.2, 0.25) is 5.91 Å². The molecule has 1 rings (SSSR count). The van der Waals surface area contributed by atoms with Crippen LogP contribution in [0.5, 0.6) is 5.75 Å². The van der Waals surface area contributed by atoms with Crippen LogP contribution in [0.15, 0.2) is 29.4 Å². The molecule has 1 unspecified atom stereocenters. The molecule has 0 aliphatic carbocycles. The van der Waals surface area contributed by atoms with E-state index in [1.165, 1.54) is 4.90 Å². The molecular weight excluding hydrogens is 382 g/mol. The third-order valence-corrected chi connectivity index (χ3v) is 4.19. The number of carbonyl (C=O) groups excluding carboxylic acids is 1. The zero-order valence-corrected chi connectivity index (χ0v) is 17.1. The summed E-state index contributed by atoms with van der Waals surface area (Å²) in [7, 11) is 1.65. The Kier molecular flexibility index (Phi) is 11.2. The first kappa shape index (κ1) is 24.3. The average molecular weight is 411 g/mol. The predicted molar refractivity (Wildman–Crippen MR) is 106 cm³/mol. The van der Waals surface area contributed by atoms with Gasteiger partial charge in [0.25, 0.3) is 5.09 Å². The Balaban J connectivity index is 2.53. The summed E-state index contributed by atoms with van der Waals surface area (Å²) < 4.78 is 10.7. The average Bonchev–Trinajstić information content (AvgIpc) is 2.70.